The van der Waals surface area contributed by atoms with Crippen LogP contribution >= 0.6 is 11.9 Å². The third-order valence-corrected chi connectivity index (χ3v) is 0. The monoisotopic (exact) mass is 172 g/mol. The van der Waals surface area contributed by atoms with E-state index in [1.807, 2.05) is 0 Å². The maximum absolute atomic E-state index is 8.63. The van der Waals surface area contributed by atoms with Crippen molar-refractivity contribution in [2.45, 2.75) is 0 Å². The Balaban J connectivity index is -0.0000000750. The summed E-state index contributed by atoms with van der Waals surface area (Å²) in [4.78, 5) is 0. The van der Waals surface area contributed by atoms with E-state index in [4.69, 9.17) is 22.2 Å². The predicted molar refractivity (Wildman–Crippen MR) is 20.4 cm³/mol. The Kier molecular flexibility index (Phi) is 16.3. The van der Waals surface area contributed by atoms with Crippen molar-refractivity contribution in [3.63, 3.8) is 0 Å². The van der Waals surface area contributed by atoms with Gasteiger partial charge in [-0.3, -0.25) is 9.21 Å². The standard InChI is InChI=1S/ClHO.Na.H2O4S/c1-2;;1-5(2,3)4/h2H;;(H2,1,2,3,4)/q;+1;/p-1. The second-order valence-electron chi connectivity index (χ2n) is 0.428. The van der Waals surface area contributed by atoms with Gasteiger partial charge in [0.05, 0.1) is 11.9 Å². The molecule has 0 rings (SSSR count). The van der Waals surface area contributed by atoms with Crippen molar-refractivity contribution in [3.8, 4) is 0 Å². The van der Waals surface area contributed by atoms with Crippen LogP contribution in [0.25, 0.3) is 0 Å². The minimum atomic E-state index is -4.92. The molecule has 0 aliphatic rings. The summed E-state index contributed by atoms with van der Waals surface area (Å²) in [6.07, 6.45) is 0. The van der Waals surface area contributed by atoms with Crippen LogP contribution in [-0.2, 0) is 10.4 Å². The van der Waals surface area contributed by atoms with Gasteiger partial charge in [-0.25, -0.2) is 8.42 Å². The quantitative estimate of drug-likeness (QED) is 0.221. The maximum Gasteiger partial charge on any atom is 1.00 e. The first-order valence-electron chi connectivity index (χ1n) is 0.852. The fourth-order valence-electron chi connectivity index (χ4n) is 0. The molecule has 0 heterocycles. The Morgan fingerprint density at radius 1 is 1.38 bits per heavy atom. The van der Waals surface area contributed by atoms with Crippen LogP contribution in [-0.4, -0.2) is 22.2 Å². The topological polar surface area (TPSA) is 97.7 Å². The van der Waals surface area contributed by atoms with Gasteiger partial charge in [-0.2, -0.15) is 0 Å². The van der Waals surface area contributed by atoms with Crippen molar-refractivity contribution >= 4 is 22.3 Å². The zero-order valence-electron chi connectivity index (χ0n) is 3.91. The van der Waals surface area contributed by atoms with Crippen LogP contribution in [0.4, 0.5) is 0 Å². The second kappa shape index (κ2) is 8.12. The first-order valence-corrected chi connectivity index (χ1v) is 2.55. The molecule has 0 amide bonds. The molecule has 0 saturated carbocycles. The molecule has 5 nitrogen and oxygen atoms in total. The Morgan fingerprint density at radius 3 is 1.38 bits per heavy atom. The van der Waals surface area contributed by atoms with E-state index in [2.05, 4.69) is 11.9 Å². The van der Waals surface area contributed by atoms with Gasteiger partial charge in [0.1, 0.15) is 0 Å². The van der Waals surface area contributed by atoms with Crippen LogP contribution in [0.2, 0.25) is 0 Å². The van der Waals surface area contributed by atoms with Crippen LogP contribution < -0.4 is 29.6 Å². The van der Waals surface area contributed by atoms with Crippen LogP contribution in [0, 0.1) is 0 Å². The van der Waals surface area contributed by atoms with E-state index in [0.29, 0.717) is 0 Å². The van der Waals surface area contributed by atoms with E-state index in [9.17, 15) is 0 Å². The molecule has 0 aromatic heterocycles. The summed E-state index contributed by atoms with van der Waals surface area (Å²) in [5, 5.41) is 0. The largest absolute Gasteiger partial charge is 1.00 e. The van der Waals surface area contributed by atoms with Gasteiger partial charge in [-0.15, -0.1) is 0 Å². The van der Waals surface area contributed by atoms with Crippen molar-refractivity contribution in [1.82, 2.24) is 0 Å². The first kappa shape index (κ1) is 16.1. The molecule has 0 aromatic rings. The fourth-order valence-corrected chi connectivity index (χ4v) is 0. The minimum absolute atomic E-state index is 0. The molecule has 8 heteroatoms. The smallest absolute Gasteiger partial charge is 0.726 e. The van der Waals surface area contributed by atoms with E-state index in [-0.39, 0.29) is 29.6 Å². The van der Waals surface area contributed by atoms with Crippen molar-refractivity contribution < 1.29 is 51.7 Å². The zero-order valence-corrected chi connectivity index (χ0v) is 7.48. The number of rotatable bonds is 0. The summed E-state index contributed by atoms with van der Waals surface area (Å²) in [7, 11) is -4.92. The molecule has 0 fully saturated rings. The van der Waals surface area contributed by atoms with E-state index >= 15 is 0 Å². The molecule has 0 atom stereocenters. The normalized spacial score (nSPS) is 8.00. The Hall–Kier alpha value is 1.12. The molecule has 0 aromatic carbocycles. The SMILES string of the molecule is O=S(=O)([O-])O.OCl.[Na+]. The Labute approximate surface area is 73.7 Å². The van der Waals surface area contributed by atoms with Gasteiger partial charge in [0, 0.05) is 0 Å². The van der Waals surface area contributed by atoms with Gasteiger partial charge >= 0.3 is 29.6 Å². The average Bonchev–Trinajstić information content (AvgIpc) is 1.36. The third kappa shape index (κ3) is 213. The molecule has 0 unspecified atom stereocenters. The molecular weight excluding hydrogens is 171 g/mol. The zero-order chi connectivity index (χ0) is 6.50. The predicted octanol–water partition coefficient (Wildman–Crippen LogP) is -3.86. The molecule has 2 N–H and O–H groups in total. The van der Waals surface area contributed by atoms with Crippen molar-refractivity contribution in [2.75, 3.05) is 0 Å². The molecule has 0 aliphatic carbocycles. The van der Waals surface area contributed by atoms with Gasteiger partial charge in [-0.05, 0) is 0 Å². The third-order valence-electron chi connectivity index (χ3n) is 0. The van der Waals surface area contributed by atoms with E-state index in [1.165, 1.54) is 0 Å². The summed E-state index contributed by atoms with van der Waals surface area (Å²) >= 11 is 3.64. The van der Waals surface area contributed by atoms with E-state index < -0.39 is 10.4 Å². The number of halogens is 1. The summed E-state index contributed by atoms with van der Waals surface area (Å²) in [6.45, 7) is 0. The fraction of sp³-hybridized carbons (Fsp3) is 0. The molecule has 0 saturated heterocycles. The summed E-state index contributed by atoms with van der Waals surface area (Å²) in [5.41, 5.74) is 0. The summed E-state index contributed by atoms with van der Waals surface area (Å²) < 4.78 is 39.3. The van der Waals surface area contributed by atoms with Crippen LogP contribution in [0.15, 0.2) is 0 Å². The second-order valence-corrected chi connectivity index (χ2v) is 1.28. The number of hydrogen-bond acceptors (Lipinski definition) is 4. The number of hydrogen-bond donors (Lipinski definition) is 2. The molecule has 0 radical (unpaired) electrons. The molecule has 0 aliphatic heterocycles. The molecule has 46 valence electrons. The maximum atomic E-state index is 8.63. The van der Waals surface area contributed by atoms with Gasteiger partial charge < -0.3 is 4.55 Å². The average molecular weight is 173 g/mol. The Morgan fingerprint density at radius 2 is 1.38 bits per heavy atom. The van der Waals surface area contributed by atoms with E-state index in [1.54, 1.807) is 0 Å². The summed E-state index contributed by atoms with van der Waals surface area (Å²) in [5.74, 6) is 0. The summed E-state index contributed by atoms with van der Waals surface area (Å²) in [6, 6.07) is 0. The van der Waals surface area contributed by atoms with Gasteiger partial charge in [-0.1, -0.05) is 0 Å². The van der Waals surface area contributed by atoms with Crippen molar-refractivity contribution in [1.29, 1.82) is 0 Å². The van der Waals surface area contributed by atoms with Crippen LogP contribution in [0.3, 0.4) is 0 Å². The molecule has 8 heavy (non-hydrogen) atoms. The van der Waals surface area contributed by atoms with Gasteiger partial charge in [0.2, 0.25) is 10.4 Å². The van der Waals surface area contributed by atoms with Gasteiger partial charge in [0.15, 0.2) is 0 Å². The minimum Gasteiger partial charge on any atom is -0.726 e. The molecular formula is H2ClNaO5S. The molecule has 0 spiro atoms. The van der Waals surface area contributed by atoms with E-state index in [0.717, 1.165) is 0 Å². The first-order chi connectivity index (χ1) is 3.00. The van der Waals surface area contributed by atoms with Crippen LogP contribution in [0.1, 0.15) is 0 Å². The van der Waals surface area contributed by atoms with Crippen molar-refractivity contribution in [3.05, 3.63) is 0 Å². The van der Waals surface area contributed by atoms with Crippen molar-refractivity contribution in [2.24, 2.45) is 0 Å². The van der Waals surface area contributed by atoms with Gasteiger partial charge in [0.25, 0.3) is 0 Å². The van der Waals surface area contributed by atoms with Crippen LogP contribution in [0.5, 0.6) is 0 Å². The molecule has 0 bridgehead atoms. The Bertz CT molecular complexity index is 95.6.